The molecule has 0 fully saturated rings. The smallest absolute Gasteiger partial charge is 0.227 e. The van der Waals surface area contributed by atoms with Crippen LogP contribution in [0.4, 0.5) is 4.39 Å². The predicted molar refractivity (Wildman–Crippen MR) is 372 cm³/mol. The minimum Gasteiger partial charge on any atom is -0.261 e. The van der Waals surface area contributed by atoms with E-state index >= 15 is 0 Å². The Morgan fingerprint density at radius 1 is 0.374 bits per heavy atom. The lowest BCUT2D eigenvalue weighted by atomic mass is 9.99. The highest BCUT2D eigenvalue weighted by atomic mass is 19.1. The molecule has 0 amide bonds. The number of hydrogen-bond acceptors (Lipinski definition) is 5. The zero-order valence-corrected chi connectivity index (χ0v) is 54.9. The van der Waals surface area contributed by atoms with Crippen molar-refractivity contribution < 1.29 is 68.3 Å². The molecule has 10 nitrogen and oxygen atoms in total. The van der Waals surface area contributed by atoms with Gasteiger partial charge in [-0.2, -0.15) is 4.39 Å². The minimum absolute atomic E-state index is 0.0142. The Hall–Kier alpha value is -8.57. The van der Waals surface area contributed by atoms with Gasteiger partial charge in [-0.1, -0.05) is 82.7 Å². The third kappa shape index (κ3) is 19.0. The minimum atomic E-state index is -2.52. The van der Waals surface area contributed by atoms with Crippen molar-refractivity contribution in [3.05, 3.63) is 238 Å². The van der Waals surface area contributed by atoms with Crippen LogP contribution in [0.25, 0.3) is 56.3 Å². The second-order valence-electron chi connectivity index (χ2n) is 22.4. The number of nitrogens with zero attached hydrogens (tertiary/aromatic N) is 10. The zero-order chi connectivity index (χ0) is 92.7. The first kappa shape index (κ1) is 39.6. The Morgan fingerprint density at radius 3 is 1.14 bits per heavy atom. The van der Waals surface area contributed by atoms with Crippen LogP contribution in [0.15, 0.2) is 159 Å². The van der Waals surface area contributed by atoms with Gasteiger partial charge in [0, 0.05) is 155 Å². The van der Waals surface area contributed by atoms with Crippen LogP contribution in [0.5, 0.6) is 0 Å². The number of aromatic nitrogens is 10. The Balaban J connectivity index is 0.000000237. The number of aryl methyl sites for hydroxylation is 12. The lowest BCUT2D eigenvalue weighted by Gasteiger charge is -2.11. The van der Waals surface area contributed by atoms with E-state index in [9.17, 15) is 4.39 Å². The molecule has 6 unspecified atom stereocenters. The number of halogens is 1. The molecule has 0 aliphatic carbocycles. The van der Waals surface area contributed by atoms with E-state index in [4.69, 9.17) is 41.1 Å². The van der Waals surface area contributed by atoms with E-state index in [2.05, 4.69) is 24.9 Å². The van der Waals surface area contributed by atoms with Gasteiger partial charge in [0.2, 0.25) is 34.4 Å². The van der Waals surface area contributed by atoms with Gasteiger partial charge in [-0.3, -0.25) is 19.9 Å². The highest BCUT2D eigenvalue weighted by Crippen LogP contribution is 2.29. The van der Waals surface area contributed by atoms with Crippen molar-refractivity contribution in [3.63, 3.8) is 0 Å². The fraction of sp³-hybridized carbons (Fsp3) is 0.375. The van der Waals surface area contributed by atoms with Gasteiger partial charge in [0.1, 0.15) is 40.8 Å². The molecular formula is C80H104FN10+5. The van der Waals surface area contributed by atoms with E-state index in [0.717, 1.165) is 50.5 Å². The monoisotopic (exact) mass is 1250 g/mol. The molecule has 0 saturated heterocycles. The van der Waals surface area contributed by atoms with Gasteiger partial charge in [0.25, 0.3) is 0 Å². The first-order valence-electron chi connectivity index (χ1n) is 44.2. The van der Waals surface area contributed by atoms with E-state index in [1.54, 1.807) is 160 Å². The van der Waals surface area contributed by atoms with E-state index in [-0.39, 0.29) is 22.8 Å². The maximum atomic E-state index is 13.6. The van der Waals surface area contributed by atoms with Crippen molar-refractivity contribution >= 4 is 0 Å². The normalized spacial score (nSPS) is 20.9. The van der Waals surface area contributed by atoms with Gasteiger partial charge in [0.15, 0.2) is 31.0 Å². The Labute approximate surface area is 587 Å². The molecule has 91 heavy (non-hydrogen) atoms. The van der Waals surface area contributed by atoms with Crippen LogP contribution in [0.3, 0.4) is 0 Å². The van der Waals surface area contributed by atoms with Gasteiger partial charge in [-0.05, 0) is 171 Å². The second-order valence-corrected chi connectivity index (χ2v) is 22.4. The number of pyridine rings is 10. The van der Waals surface area contributed by atoms with Crippen LogP contribution >= 0.6 is 0 Å². The average molecular weight is 1250 g/mol. The third-order valence-corrected chi connectivity index (χ3v) is 15.0. The lowest BCUT2D eigenvalue weighted by Crippen LogP contribution is -2.31. The summed E-state index contributed by atoms with van der Waals surface area (Å²) < 4.78 is 253. The molecule has 476 valence electrons. The van der Waals surface area contributed by atoms with E-state index in [1.165, 1.54) is 84.7 Å². The fourth-order valence-corrected chi connectivity index (χ4v) is 9.68. The molecule has 0 saturated carbocycles. The molecule has 10 rings (SSSR count). The summed E-state index contributed by atoms with van der Waals surface area (Å²) >= 11 is 0. The molecule has 0 aromatic carbocycles. The van der Waals surface area contributed by atoms with Gasteiger partial charge < -0.3 is 0 Å². The Bertz CT molecular complexity index is 5270. The lowest BCUT2D eigenvalue weighted by molar-refractivity contribution is -0.661. The van der Waals surface area contributed by atoms with Crippen LogP contribution in [0.1, 0.15) is 232 Å². The van der Waals surface area contributed by atoms with E-state index in [1.807, 2.05) is 49.0 Å². The van der Waals surface area contributed by atoms with Crippen LogP contribution < -0.4 is 22.8 Å². The quantitative estimate of drug-likeness (QED) is 0.0952. The molecule has 10 aromatic heterocycles. The zero-order valence-electron chi connectivity index (χ0n) is 84.9. The van der Waals surface area contributed by atoms with Crippen molar-refractivity contribution in [1.82, 2.24) is 24.9 Å². The van der Waals surface area contributed by atoms with Gasteiger partial charge >= 0.3 is 0 Å². The summed E-state index contributed by atoms with van der Waals surface area (Å²) in [6, 6.07) is 26.9. The van der Waals surface area contributed by atoms with Crippen molar-refractivity contribution in [2.45, 2.75) is 166 Å². The molecule has 10 aromatic rings. The Morgan fingerprint density at radius 2 is 0.769 bits per heavy atom. The summed E-state index contributed by atoms with van der Waals surface area (Å²) in [7, 11) is 8.98. The standard InChI is InChI=1S/2C18H25N2.2C16H21N2.C12H12FN2/c1-12(2)15-7-8-18(20(6)11-15)16-10-19-17(13(3)4)9-14(16)5;1-12(2)15-7-8-20(6)18(10-15)16-11-19-17(13(3)4)9-14(16)5;1-11(2)14-6-7-16(18(5)10-14)15-9-17-13(4)8-12(15)3;1-11(2)14-6-7-18(5)16(9-14)15-10-17-13(4)8-12(15)3;1-9-6-7-14-12(13)11(9)10-5-3-4-8-15(10)2/h2*7-13H,1-6H3;2*6-11H,1-5H3;3-8H,1-2H3/q5*+1/i2*1D3,3D3,12D,13D;2*1D3,4D3,11D;. The van der Waals surface area contributed by atoms with Crippen LogP contribution in [-0.2, 0) is 35.2 Å². The first-order chi connectivity index (χ1) is 54.7. The van der Waals surface area contributed by atoms with Crippen LogP contribution in [0, 0.1) is 54.3 Å². The van der Waals surface area contributed by atoms with Gasteiger partial charge in [0.05, 0.1) is 22.3 Å². The molecule has 0 spiro atoms. The SMILES string of the molecule is Cc1ccnc(F)c1-c1cccc[n+]1C.[2H]C([2H])([2H])C([2H])(C)c1cc[n+](C)c(-c2cnc(C([2H])(C)C([2H])([2H])[2H])cc2C)c1.[2H]C([2H])([2H])C([2H])(C)c1ccc(-c2cnc(C([2H])(C)C([2H])([2H])[2H])cc2C)[n+](C)c1.[2H]C([2H])([2H])c1cc(C)c(-c2cc(C([2H])(C)C([2H])([2H])[2H])cc[n+]2C)cn1.[2H]C([2H])([2H])c1cc(C)c(-c2ccc(C([2H])(C)C([2H])([2H])[2H])c[n+]2C)cn1. The molecule has 0 N–H and O–H groups in total. The number of rotatable bonds is 11. The van der Waals surface area contributed by atoms with Crippen LogP contribution in [0.2, 0.25) is 0 Å². The molecule has 10 heterocycles. The van der Waals surface area contributed by atoms with Crippen molar-refractivity contribution in [2.24, 2.45) is 35.2 Å². The van der Waals surface area contributed by atoms with Gasteiger partial charge in [-0.15, -0.1) is 0 Å². The predicted octanol–water partition coefficient (Wildman–Crippen LogP) is 16.9. The molecule has 6 atom stereocenters. The molecule has 0 aliphatic rings. The number of hydrogen-bond donors (Lipinski definition) is 0. The Kier molecular flexibility index (Phi) is 14.1. The van der Waals surface area contributed by atoms with Crippen molar-refractivity contribution in [1.29, 1.82) is 0 Å². The fourth-order valence-electron chi connectivity index (χ4n) is 9.68. The largest absolute Gasteiger partial charge is 0.261 e. The molecule has 0 bridgehead atoms. The summed E-state index contributed by atoms with van der Waals surface area (Å²) in [6.07, 6.45) is 16.0. The second kappa shape index (κ2) is 32.4. The molecule has 0 radical (unpaired) electrons. The summed E-state index contributed by atoms with van der Waals surface area (Å²) in [5.74, 6) is -11.1. The maximum Gasteiger partial charge on any atom is 0.227 e. The van der Waals surface area contributed by atoms with E-state index in [0.29, 0.717) is 55.9 Å². The van der Waals surface area contributed by atoms with Crippen molar-refractivity contribution in [3.8, 4) is 56.3 Å². The van der Waals surface area contributed by atoms with E-state index < -0.39 is 96.1 Å². The van der Waals surface area contributed by atoms with Crippen LogP contribution in [-0.4, -0.2) is 24.9 Å². The molecule has 11 heteroatoms. The topological polar surface area (TPSA) is 83.9 Å². The third-order valence-electron chi connectivity index (χ3n) is 15.0. The highest BCUT2D eigenvalue weighted by molar-refractivity contribution is 5.64. The summed E-state index contributed by atoms with van der Waals surface area (Å²) in [6.45, 7) is -2.31. The highest BCUT2D eigenvalue weighted by Gasteiger charge is 2.21. The average Bonchev–Trinajstić information content (AvgIpc) is 0.710. The summed E-state index contributed by atoms with van der Waals surface area (Å²) in [4.78, 5) is 20.2. The van der Waals surface area contributed by atoms with Gasteiger partial charge in [-0.25, -0.2) is 27.8 Å². The molecule has 0 aliphatic heterocycles. The molecular weight excluding hydrogens is 1120 g/mol. The summed E-state index contributed by atoms with van der Waals surface area (Å²) in [5.41, 5.74) is 12.7. The summed E-state index contributed by atoms with van der Waals surface area (Å²) in [5, 5.41) is 0. The maximum absolute atomic E-state index is 13.6. The first-order valence-corrected chi connectivity index (χ1v) is 29.2. The van der Waals surface area contributed by atoms with Crippen molar-refractivity contribution in [2.75, 3.05) is 0 Å².